The van der Waals surface area contributed by atoms with Crippen LogP contribution in [0, 0.1) is 10.1 Å². The Morgan fingerprint density at radius 3 is 2.78 bits per heavy atom. The summed E-state index contributed by atoms with van der Waals surface area (Å²) in [4.78, 5) is 20.1. The lowest BCUT2D eigenvalue weighted by atomic mass is 10.4. The van der Waals surface area contributed by atoms with E-state index in [0.717, 1.165) is 0 Å². The van der Waals surface area contributed by atoms with Crippen LogP contribution in [0.5, 0.6) is 0 Å². The molecule has 3 heterocycles. The van der Waals surface area contributed by atoms with E-state index in [9.17, 15) is 10.1 Å². The van der Waals surface area contributed by atoms with Crippen molar-refractivity contribution in [2.24, 2.45) is 12.0 Å². The van der Waals surface area contributed by atoms with Crippen LogP contribution >= 0.6 is 0 Å². The van der Waals surface area contributed by atoms with E-state index in [1.807, 2.05) is 14.1 Å². The van der Waals surface area contributed by atoms with Gasteiger partial charge in [-0.15, -0.1) is 15.3 Å². The van der Waals surface area contributed by atoms with Crippen LogP contribution in [0.1, 0.15) is 0 Å². The number of rotatable bonds is 4. The van der Waals surface area contributed by atoms with E-state index in [0.29, 0.717) is 23.0 Å². The predicted molar refractivity (Wildman–Crippen MR) is 81.5 cm³/mol. The molecule has 3 aromatic heterocycles. The molecule has 0 unspecified atom stereocenters. The zero-order valence-corrected chi connectivity index (χ0v) is 12.7. The summed E-state index contributed by atoms with van der Waals surface area (Å²) < 4.78 is 2.80. The van der Waals surface area contributed by atoms with Crippen molar-refractivity contribution in [1.29, 1.82) is 0 Å². The van der Waals surface area contributed by atoms with Crippen molar-refractivity contribution in [2.75, 3.05) is 14.1 Å². The molecule has 118 valence electrons. The van der Waals surface area contributed by atoms with Crippen LogP contribution in [0.2, 0.25) is 0 Å². The van der Waals surface area contributed by atoms with E-state index < -0.39 is 4.92 Å². The topological polar surface area (TPSA) is 120 Å². The van der Waals surface area contributed by atoms with Gasteiger partial charge >= 0.3 is 5.95 Å². The molecule has 11 heteroatoms. The zero-order chi connectivity index (χ0) is 16.6. The lowest BCUT2D eigenvalue weighted by molar-refractivity contribution is -0.396. The largest absolute Gasteiger partial charge is 0.434 e. The van der Waals surface area contributed by atoms with Crippen molar-refractivity contribution >= 4 is 23.8 Å². The van der Waals surface area contributed by atoms with E-state index in [4.69, 9.17) is 0 Å². The standard InChI is InChI=1S/C12H13N9O2/c1-18(2)7-14-9-4-5-10-15-16-11(20(10)17-9)8-6-13-12(19(8)3)21(22)23/h4-7H,1-3H3. The lowest BCUT2D eigenvalue weighted by Gasteiger charge is -2.02. The number of hydrogen-bond donors (Lipinski definition) is 0. The summed E-state index contributed by atoms with van der Waals surface area (Å²) in [6.45, 7) is 0. The second kappa shape index (κ2) is 5.44. The molecule has 0 aromatic carbocycles. The minimum atomic E-state index is -0.563. The fraction of sp³-hybridized carbons (Fsp3) is 0.250. The Kier molecular flexibility index (Phi) is 3.44. The number of aliphatic imine (C=N–C) groups is 1. The summed E-state index contributed by atoms with van der Waals surface area (Å²) in [6, 6.07) is 3.43. The van der Waals surface area contributed by atoms with Crippen molar-refractivity contribution < 1.29 is 4.92 Å². The van der Waals surface area contributed by atoms with Gasteiger partial charge in [-0.25, -0.2) is 9.56 Å². The van der Waals surface area contributed by atoms with Gasteiger partial charge in [0.15, 0.2) is 17.2 Å². The van der Waals surface area contributed by atoms with Crippen LogP contribution in [0.15, 0.2) is 23.3 Å². The first kappa shape index (κ1) is 14.6. The van der Waals surface area contributed by atoms with Gasteiger partial charge < -0.3 is 15.0 Å². The molecule has 0 atom stereocenters. The molecule has 0 amide bonds. The van der Waals surface area contributed by atoms with Crippen molar-refractivity contribution in [3.05, 3.63) is 28.4 Å². The molecule has 0 bridgehead atoms. The summed E-state index contributed by atoms with van der Waals surface area (Å²) in [7, 11) is 5.23. The van der Waals surface area contributed by atoms with Gasteiger partial charge in [0.2, 0.25) is 5.82 Å². The Hall–Kier alpha value is -3.37. The molecule has 23 heavy (non-hydrogen) atoms. The van der Waals surface area contributed by atoms with Crippen molar-refractivity contribution in [1.82, 2.24) is 34.3 Å². The first-order valence-electron chi connectivity index (χ1n) is 6.57. The van der Waals surface area contributed by atoms with E-state index in [1.165, 1.54) is 22.3 Å². The Morgan fingerprint density at radius 2 is 2.13 bits per heavy atom. The zero-order valence-electron chi connectivity index (χ0n) is 12.7. The quantitative estimate of drug-likeness (QED) is 0.300. The highest BCUT2D eigenvalue weighted by Crippen LogP contribution is 2.22. The molecule has 0 spiro atoms. The number of nitrogens with zero attached hydrogens (tertiary/aromatic N) is 9. The number of hydrogen-bond acceptors (Lipinski definition) is 7. The van der Waals surface area contributed by atoms with Crippen molar-refractivity contribution in [2.45, 2.75) is 0 Å². The molecule has 0 radical (unpaired) electrons. The molecule has 11 nitrogen and oxygen atoms in total. The monoisotopic (exact) mass is 315 g/mol. The van der Waals surface area contributed by atoms with Crippen LogP contribution in [0.3, 0.4) is 0 Å². The third-order valence-corrected chi connectivity index (χ3v) is 3.03. The summed E-state index contributed by atoms with van der Waals surface area (Å²) in [5, 5.41) is 23.3. The minimum Gasteiger partial charge on any atom is -0.390 e. The highest BCUT2D eigenvalue weighted by Gasteiger charge is 2.23. The van der Waals surface area contributed by atoms with Gasteiger partial charge in [0, 0.05) is 14.1 Å². The highest BCUT2D eigenvalue weighted by molar-refractivity contribution is 5.60. The van der Waals surface area contributed by atoms with E-state index in [-0.39, 0.29) is 5.95 Å². The van der Waals surface area contributed by atoms with E-state index >= 15 is 0 Å². The lowest BCUT2D eigenvalue weighted by Crippen LogP contribution is -2.07. The van der Waals surface area contributed by atoms with E-state index in [1.54, 1.807) is 23.4 Å². The molecular weight excluding hydrogens is 302 g/mol. The molecular formula is C12H13N9O2. The van der Waals surface area contributed by atoms with Crippen LogP contribution in [-0.4, -0.2) is 59.6 Å². The van der Waals surface area contributed by atoms with Gasteiger partial charge in [0.1, 0.15) is 6.20 Å². The van der Waals surface area contributed by atoms with Gasteiger partial charge in [-0.2, -0.15) is 4.52 Å². The fourth-order valence-corrected chi connectivity index (χ4v) is 1.96. The first-order valence-corrected chi connectivity index (χ1v) is 6.57. The second-order valence-electron chi connectivity index (χ2n) is 4.95. The van der Waals surface area contributed by atoms with Crippen molar-refractivity contribution in [3.63, 3.8) is 0 Å². The third-order valence-electron chi connectivity index (χ3n) is 3.03. The smallest absolute Gasteiger partial charge is 0.390 e. The molecule has 0 N–H and O–H groups in total. The maximum absolute atomic E-state index is 10.9. The molecule has 3 aromatic rings. The maximum atomic E-state index is 10.9. The van der Waals surface area contributed by atoms with Crippen LogP contribution in [0.25, 0.3) is 17.2 Å². The van der Waals surface area contributed by atoms with Crippen LogP contribution in [0.4, 0.5) is 11.8 Å². The van der Waals surface area contributed by atoms with Crippen LogP contribution < -0.4 is 0 Å². The Morgan fingerprint density at radius 1 is 1.35 bits per heavy atom. The van der Waals surface area contributed by atoms with Gasteiger partial charge in [-0.3, -0.25) is 0 Å². The van der Waals surface area contributed by atoms with Gasteiger partial charge in [0.05, 0.1) is 13.4 Å². The molecule has 3 rings (SSSR count). The Bertz CT molecular complexity index is 909. The average molecular weight is 315 g/mol. The average Bonchev–Trinajstić information content (AvgIpc) is 3.07. The minimum absolute atomic E-state index is 0.279. The van der Waals surface area contributed by atoms with Crippen LogP contribution in [-0.2, 0) is 7.05 Å². The maximum Gasteiger partial charge on any atom is 0.434 e. The van der Waals surface area contributed by atoms with Gasteiger partial charge in [-0.05, 0) is 17.1 Å². The molecule has 0 aliphatic rings. The third kappa shape index (κ3) is 2.59. The normalized spacial score (nSPS) is 11.4. The van der Waals surface area contributed by atoms with Crippen molar-refractivity contribution in [3.8, 4) is 11.5 Å². The molecule has 0 aliphatic heterocycles. The molecule has 0 saturated heterocycles. The predicted octanol–water partition coefficient (Wildman–Crippen LogP) is 0.654. The number of aromatic nitrogens is 6. The molecule has 0 fully saturated rings. The molecule has 0 aliphatic carbocycles. The second-order valence-corrected chi connectivity index (χ2v) is 4.95. The highest BCUT2D eigenvalue weighted by atomic mass is 16.6. The van der Waals surface area contributed by atoms with Gasteiger partial charge in [-0.1, -0.05) is 4.98 Å². The summed E-state index contributed by atoms with van der Waals surface area (Å²) in [5.74, 6) is 0.535. The Labute approximate surface area is 130 Å². The summed E-state index contributed by atoms with van der Waals surface area (Å²) in [5.41, 5.74) is 0.943. The number of fused-ring (bicyclic) bond motifs is 1. The number of nitro groups is 1. The fourth-order valence-electron chi connectivity index (χ4n) is 1.96. The summed E-state index contributed by atoms with van der Waals surface area (Å²) >= 11 is 0. The Balaban J connectivity index is 2.11. The number of imidazole rings is 1. The molecule has 0 saturated carbocycles. The summed E-state index contributed by atoms with van der Waals surface area (Å²) in [6.07, 6.45) is 2.99. The van der Waals surface area contributed by atoms with Gasteiger partial charge in [0.25, 0.3) is 0 Å². The first-order chi connectivity index (χ1) is 11.0. The van der Waals surface area contributed by atoms with E-state index in [2.05, 4.69) is 25.3 Å². The SMILES string of the molecule is CN(C)C=Nc1ccc2nnc(-c3cnc([N+](=O)[O-])n3C)n2n1.